The number of benzene rings is 2. The lowest BCUT2D eigenvalue weighted by atomic mass is 10.1. The van der Waals surface area contributed by atoms with Crippen LogP contribution in [0, 0.1) is 0 Å². The van der Waals surface area contributed by atoms with E-state index in [0.29, 0.717) is 35.7 Å². The van der Waals surface area contributed by atoms with Gasteiger partial charge in [-0.25, -0.2) is 4.79 Å². The Morgan fingerprint density at radius 2 is 1.75 bits per heavy atom. The van der Waals surface area contributed by atoms with Gasteiger partial charge in [-0.15, -0.1) is 0 Å². The maximum atomic E-state index is 12.7. The van der Waals surface area contributed by atoms with E-state index in [1.54, 1.807) is 55.6 Å². The van der Waals surface area contributed by atoms with E-state index in [2.05, 4.69) is 10.6 Å². The fourth-order valence-corrected chi connectivity index (χ4v) is 3.22. The largest absolute Gasteiger partial charge is 0.497 e. The molecule has 1 saturated heterocycles. The van der Waals surface area contributed by atoms with Gasteiger partial charge in [0.25, 0.3) is 0 Å². The summed E-state index contributed by atoms with van der Waals surface area (Å²) in [4.78, 5) is 38.4. The van der Waals surface area contributed by atoms with Crippen molar-refractivity contribution in [3.05, 3.63) is 54.1 Å². The number of hydrogen-bond donors (Lipinski definition) is 2. The van der Waals surface area contributed by atoms with Gasteiger partial charge in [-0.05, 0) is 44.0 Å². The van der Waals surface area contributed by atoms with Crippen molar-refractivity contribution < 1.29 is 19.1 Å². The number of ketones is 1. The van der Waals surface area contributed by atoms with Crippen LogP contribution in [-0.4, -0.2) is 42.3 Å². The topological polar surface area (TPSA) is 87.7 Å². The molecule has 2 aromatic rings. The number of carbonyl (C=O) groups is 3. The van der Waals surface area contributed by atoms with Crippen LogP contribution in [0.25, 0.3) is 0 Å². The highest BCUT2D eigenvalue weighted by Gasteiger charge is 2.34. The van der Waals surface area contributed by atoms with Crippen molar-refractivity contribution in [1.82, 2.24) is 4.90 Å². The van der Waals surface area contributed by atoms with E-state index in [9.17, 15) is 14.4 Å². The summed E-state index contributed by atoms with van der Waals surface area (Å²) in [5.74, 6) is 0.329. The van der Waals surface area contributed by atoms with Gasteiger partial charge in [0.2, 0.25) is 5.91 Å². The maximum absolute atomic E-state index is 12.7. The van der Waals surface area contributed by atoms with E-state index < -0.39 is 6.04 Å². The summed E-state index contributed by atoms with van der Waals surface area (Å²) in [7, 11) is 1.56. The summed E-state index contributed by atoms with van der Waals surface area (Å²) in [5, 5.41) is 5.63. The molecule has 3 amide bonds. The van der Waals surface area contributed by atoms with Crippen LogP contribution in [-0.2, 0) is 4.79 Å². The number of likely N-dealkylation sites (tertiary alicyclic amines) is 1. The molecule has 7 nitrogen and oxygen atoms in total. The molecule has 0 bridgehead atoms. The molecule has 0 aliphatic carbocycles. The summed E-state index contributed by atoms with van der Waals surface area (Å²) in [6.45, 7) is 1.97. The average molecular weight is 381 g/mol. The molecule has 1 aliphatic heterocycles. The molecule has 0 aromatic heterocycles. The fraction of sp³-hybridized carbons (Fsp3) is 0.286. The van der Waals surface area contributed by atoms with Crippen molar-refractivity contribution in [3.8, 4) is 5.75 Å². The van der Waals surface area contributed by atoms with Gasteiger partial charge in [-0.3, -0.25) is 9.59 Å². The van der Waals surface area contributed by atoms with E-state index in [1.807, 2.05) is 0 Å². The monoisotopic (exact) mass is 381 g/mol. The van der Waals surface area contributed by atoms with Crippen molar-refractivity contribution >= 4 is 29.1 Å². The van der Waals surface area contributed by atoms with E-state index in [4.69, 9.17) is 4.74 Å². The van der Waals surface area contributed by atoms with Gasteiger partial charge in [0, 0.05) is 29.5 Å². The van der Waals surface area contributed by atoms with Crippen molar-refractivity contribution in [2.75, 3.05) is 24.3 Å². The Labute approximate surface area is 163 Å². The van der Waals surface area contributed by atoms with E-state index >= 15 is 0 Å². The molecule has 1 atom stereocenters. The molecule has 0 radical (unpaired) electrons. The maximum Gasteiger partial charge on any atom is 0.322 e. The first-order valence-corrected chi connectivity index (χ1v) is 9.11. The number of carbonyl (C=O) groups excluding carboxylic acids is 3. The fourth-order valence-electron chi connectivity index (χ4n) is 3.22. The van der Waals surface area contributed by atoms with Crippen molar-refractivity contribution in [3.63, 3.8) is 0 Å². The summed E-state index contributed by atoms with van der Waals surface area (Å²) in [6, 6.07) is 12.9. The van der Waals surface area contributed by atoms with Crippen LogP contribution in [0.15, 0.2) is 48.5 Å². The molecule has 1 aliphatic rings. The molecule has 0 saturated carbocycles. The normalized spacial score (nSPS) is 15.8. The van der Waals surface area contributed by atoms with Crippen molar-refractivity contribution in [1.29, 1.82) is 0 Å². The first-order chi connectivity index (χ1) is 13.5. The zero-order chi connectivity index (χ0) is 20.1. The Morgan fingerprint density at radius 1 is 1.04 bits per heavy atom. The number of ether oxygens (including phenoxy) is 1. The minimum Gasteiger partial charge on any atom is -0.497 e. The number of hydrogen-bond acceptors (Lipinski definition) is 4. The smallest absolute Gasteiger partial charge is 0.322 e. The van der Waals surface area contributed by atoms with Crippen LogP contribution < -0.4 is 15.4 Å². The molecule has 146 valence electrons. The summed E-state index contributed by atoms with van der Waals surface area (Å²) in [6.07, 6.45) is 1.34. The number of urea groups is 1. The molecule has 2 N–H and O–H groups in total. The van der Waals surface area contributed by atoms with E-state index in [1.165, 1.54) is 11.8 Å². The van der Waals surface area contributed by atoms with Crippen LogP contribution in [0.1, 0.15) is 30.1 Å². The van der Waals surface area contributed by atoms with Crippen LogP contribution in [0.3, 0.4) is 0 Å². The summed E-state index contributed by atoms with van der Waals surface area (Å²) in [5.41, 5.74) is 1.66. The predicted octanol–water partition coefficient (Wildman–Crippen LogP) is 3.53. The molecule has 1 fully saturated rings. The third-order valence-electron chi connectivity index (χ3n) is 4.67. The van der Waals surface area contributed by atoms with Gasteiger partial charge in [-0.2, -0.15) is 0 Å². The second kappa shape index (κ2) is 8.56. The highest BCUT2D eigenvalue weighted by atomic mass is 16.5. The van der Waals surface area contributed by atoms with Crippen molar-refractivity contribution in [2.24, 2.45) is 0 Å². The van der Waals surface area contributed by atoms with E-state index in [0.717, 1.165) is 6.42 Å². The van der Waals surface area contributed by atoms with Gasteiger partial charge in [-0.1, -0.05) is 18.2 Å². The Balaban J connectivity index is 1.67. The highest BCUT2D eigenvalue weighted by molar-refractivity contribution is 6.00. The van der Waals surface area contributed by atoms with Gasteiger partial charge < -0.3 is 20.3 Å². The van der Waals surface area contributed by atoms with Gasteiger partial charge in [0.1, 0.15) is 11.8 Å². The summed E-state index contributed by atoms with van der Waals surface area (Å²) < 4.78 is 5.16. The second-order valence-electron chi connectivity index (χ2n) is 6.64. The first kappa shape index (κ1) is 19.4. The Morgan fingerprint density at radius 3 is 2.46 bits per heavy atom. The van der Waals surface area contributed by atoms with Gasteiger partial charge >= 0.3 is 6.03 Å². The number of rotatable bonds is 5. The minimum absolute atomic E-state index is 0.0761. The number of anilines is 2. The molecule has 0 spiro atoms. The molecular formula is C21H23N3O4. The third-order valence-corrected chi connectivity index (χ3v) is 4.67. The van der Waals surface area contributed by atoms with Crippen LogP contribution in [0.5, 0.6) is 5.75 Å². The lowest BCUT2D eigenvalue weighted by Gasteiger charge is -2.24. The molecule has 3 rings (SSSR count). The quantitative estimate of drug-likeness (QED) is 0.776. The highest BCUT2D eigenvalue weighted by Crippen LogP contribution is 2.22. The molecule has 7 heteroatoms. The number of Topliss-reactive ketones (excluding diaryl/α,β-unsaturated/α-hetero) is 1. The third kappa shape index (κ3) is 4.49. The number of nitrogens with zero attached hydrogens (tertiary/aromatic N) is 1. The van der Waals surface area contributed by atoms with Gasteiger partial charge in [0.15, 0.2) is 5.78 Å². The van der Waals surface area contributed by atoms with Crippen LogP contribution in [0.4, 0.5) is 16.2 Å². The number of methoxy groups -OCH3 is 1. The van der Waals surface area contributed by atoms with Crippen LogP contribution >= 0.6 is 0 Å². The molecule has 0 unspecified atom stereocenters. The van der Waals surface area contributed by atoms with E-state index in [-0.39, 0.29) is 17.7 Å². The lowest BCUT2D eigenvalue weighted by Crippen LogP contribution is -2.45. The Bertz CT molecular complexity index is 897. The zero-order valence-corrected chi connectivity index (χ0v) is 15.9. The zero-order valence-electron chi connectivity index (χ0n) is 15.9. The molecule has 28 heavy (non-hydrogen) atoms. The minimum atomic E-state index is -0.554. The molecule has 2 aromatic carbocycles. The summed E-state index contributed by atoms with van der Waals surface area (Å²) >= 11 is 0. The van der Waals surface area contributed by atoms with Gasteiger partial charge in [0.05, 0.1) is 7.11 Å². The standard InChI is InChI=1S/C21H23N3O4/c1-14(25)15-6-3-7-16(12-15)23-21(27)24-11-5-10-19(24)20(26)22-17-8-4-9-18(13-17)28-2/h3-4,6-9,12-13,19H,5,10-11H2,1-2H3,(H,22,26)(H,23,27)/t19-/m0/s1. The number of amides is 3. The predicted molar refractivity (Wildman–Crippen MR) is 107 cm³/mol. The first-order valence-electron chi connectivity index (χ1n) is 9.11. The second-order valence-corrected chi connectivity index (χ2v) is 6.64. The molecular weight excluding hydrogens is 358 g/mol. The number of nitrogens with one attached hydrogen (secondary N) is 2. The van der Waals surface area contributed by atoms with Crippen LogP contribution in [0.2, 0.25) is 0 Å². The Hall–Kier alpha value is -3.35. The Kier molecular flexibility index (Phi) is 5.93. The molecule has 1 heterocycles. The average Bonchev–Trinajstić information content (AvgIpc) is 3.18. The SMILES string of the molecule is COc1cccc(NC(=O)[C@@H]2CCCN2C(=O)Nc2cccc(C(C)=O)c2)c1. The van der Waals surface area contributed by atoms with Crippen molar-refractivity contribution in [2.45, 2.75) is 25.8 Å². The lowest BCUT2D eigenvalue weighted by molar-refractivity contribution is -0.119.